The maximum absolute atomic E-state index is 5.15. The first-order chi connectivity index (χ1) is 3.97. The highest BCUT2D eigenvalue weighted by atomic mass is 16.6. The minimum atomic E-state index is 0.713. The molecular formula is C7H14O. The van der Waals surface area contributed by atoms with Crippen LogP contribution in [0, 0.1) is 0 Å². The Morgan fingerprint density at radius 3 is 1.75 bits per heavy atom. The third-order valence-electron chi connectivity index (χ3n) is 1.66. The van der Waals surface area contributed by atoms with E-state index in [4.69, 9.17) is 4.74 Å². The Morgan fingerprint density at radius 2 is 1.62 bits per heavy atom. The number of epoxide rings is 1. The van der Waals surface area contributed by atoms with Crippen molar-refractivity contribution in [1.82, 2.24) is 0 Å². The largest absolute Gasteiger partial charge is 0.370 e. The van der Waals surface area contributed by atoms with E-state index in [0.717, 1.165) is 0 Å². The van der Waals surface area contributed by atoms with Crippen LogP contribution < -0.4 is 0 Å². The fourth-order valence-corrected chi connectivity index (χ4v) is 1.21. The Hall–Kier alpha value is -0.0400. The van der Waals surface area contributed by atoms with Gasteiger partial charge < -0.3 is 4.74 Å². The molecular weight excluding hydrogens is 100 g/mol. The Labute approximate surface area is 51.0 Å². The molecule has 1 nitrogen and oxygen atoms in total. The zero-order valence-corrected chi connectivity index (χ0v) is 5.68. The second-order valence-electron chi connectivity index (χ2n) is 2.14. The lowest BCUT2D eigenvalue weighted by Gasteiger charge is -1.81. The first-order valence-corrected chi connectivity index (χ1v) is 3.62. The number of ether oxygens (including phenoxy) is 1. The van der Waals surface area contributed by atoms with Crippen molar-refractivity contribution >= 4 is 0 Å². The standard InChI is InChI=1S/C5H8O.C2H6/c1-2-4-5(3-1)6-4;1-2/h4-5H,1-3H2;1-2H3. The normalized spacial score (nSPS) is 39.8. The number of hydrogen-bond acceptors (Lipinski definition) is 1. The van der Waals surface area contributed by atoms with Crippen LogP contribution in [0.2, 0.25) is 0 Å². The number of fused-ring (bicyclic) bond motifs is 1. The van der Waals surface area contributed by atoms with E-state index in [9.17, 15) is 0 Å². The molecule has 1 heteroatoms. The molecule has 0 aromatic heterocycles. The molecule has 0 bridgehead atoms. The molecule has 8 heavy (non-hydrogen) atoms. The van der Waals surface area contributed by atoms with E-state index in [1.54, 1.807) is 0 Å². The molecule has 1 saturated heterocycles. The maximum atomic E-state index is 5.15. The monoisotopic (exact) mass is 114 g/mol. The van der Waals surface area contributed by atoms with Crippen molar-refractivity contribution in [3.63, 3.8) is 0 Å². The highest BCUT2D eigenvalue weighted by Crippen LogP contribution is 2.37. The smallest absolute Gasteiger partial charge is 0.0841 e. The van der Waals surface area contributed by atoms with Crippen molar-refractivity contribution in [2.24, 2.45) is 0 Å². The fraction of sp³-hybridized carbons (Fsp3) is 1.00. The Balaban J connectivity index is 0.000000147. The molecule has 0 aromatic rings. The molecule has 0 N–H and O–H groups in total. The summed E-state index contributed by atoms with van der Waals surface area (Å²) in [5.41, 5.74) is 0. The molecule has 48 valence electrons. The van der Waals surface area contributed by atoms with E-state index < -0.39 is 0 Å². The van der Waals surface area contributed by atoms with Gasteiger partial charge >= 0.3 is 0 Å². The van der Waals surface area contributed by atoms with Crippen LogP contribution in [0.1, 0.15) is 33.1 Å². The number of rotatable bonds is 0. The van der Waals surface area contributed by atoms with Gasteiger partial charge in [-0.05, 0) is 19.3 Å². The summed E-state index contributed by atoms with van der Waals surface area (Å²) in [6.07, 6.45) is 5.51. The summed E-state index contributed by atoms with van der Waals surface area (Å²) in [5, 5.41) is 0. The molecule has 1 aliphatic carbocycles. The Morgan fingerprint density at radius 1 is 1.12 bits per heavy atom. The van der Waals surface area contributed by atoms with Crippen molar-refractivity contribution in [3.8, 4) is 0 Å². The van der Waals surface area contributed by atoms with Gasteiger partial charge in [0, 0.05) is 0 Å². The van der Waals surface area contributed by atoms with Gasteiger partial charge in [0.1, 0.15) is 0 Å². The van der Waals surface area contributed by atoms with E-state index in [0.29, 0.717) is 12.2 Å². The SMILES string of the molecule is C1CC2OC2C1.CC. The Kier molecular flexibility index (Phi) is 1.90. The Bertz CT molecular complexity index is 62.8. The lowest BCUT2D eigenvalue weighted by atomic mass is 10.4. The second-order valence-corrected chi connectivity index (χ2v) is 2.14. The van der Waals surface area contributed by atoms with Gasteiger partial charge in [0.05, 0.1) is 12.2 Å². The van der Waals surface area contributed by atoms with Gasteiger partial charge in [-0.2, -0.15) is 0 Å². The van der Waals surface area contributed by atoms with Crippen molar-refractivity contribution in [2.75, 3.05) is 0 Å². The van der Waals surface area contributed by atoms with E-state index in [2.05, 4.69) is 0 Å². The van der Waals surface area contributed by atoms with Crippen LogP contribution in [-0.4, -0.2) is 12.2 Å². The van der Waals surface area contributed by atoms with Gasteiger partial charge in [-0.3, -0.25) is 0 Å². The summed E-state index contributed by atoms with van der Waals surface area (Å²) in [5.74, 6) is 0. The topological polar surface area (TPSA) is 12.5 Å². The second kappa shape index (κ2) is 2.49. The highest BCUT2D eigenvalue weighted by molar-refractivity contribution is 4.90. The van der Waals surface area contributed by atoms with Crippen molar-refractivity contribution in [1.29, 1.82) is 0 Å². The summed E-state index contributed by atoms with van der Waals surface area (Å²) < 4.78 is 5.15. The summed E-state index contributed by atoms with van der Waals surface area (Å²) >= 11 is 0. The fourth-order valence-electron chi connectivity index (χ4n) is 1.21. The van der Waals surface area contributed by atoms with Crippen LogP contribution in [0.15, 0.2) is 0 Å². The molecule has 0 spiro atoms. The molecule has 0 amide bonds. The van der Waals surface area contributed by atoms with E-state index >= 15 is 0 Å². The van der Waals surface area contributed by atoms with Gasteiger partial charge in [0.15, 0.2) is 0 Å². The average Bonchev–Trinajstić information content (AvgIpc) is 2.46. The molecule has 1 saturated carbocycles. The van der Waals surface area contributed by atoms with Crippen LogP contribution in [-0.2, 0) is 4.74 Å². The molecule has 1 heterocycles. The summed E-state index contributed by atoms with van der Waals surface area (Å²) in [4.78, 5) is 0. The molecule has 0 aromatic carbocycles. The first kappa shape index (κ1) is 6.09. The minimum absolute atomic E-state index is 0.713. The lowest BCUT2D eigenvalue weighted by Crippen LogP contribution is -1.74. The van der Waals surface area contributed by atoms with Gasteiger partial charge in [-0.1, -0.05) is 13.8 Å². The molecule has 2 atom stereocenters. The minimum Gasteiger partial charge on any atom is -0.370 e. The van der Waals surface area contributed by atoms with Crippen molar-refractivity contribution in [2.45, 2.75) is 45.3 Å². The van der Waals surface area contributed by atoms with E-state index in [-0.39, 0.29) is 0 Å². The van der Waals surface area contributed by atoms with Gasteiger partial charge in [0.25, 0.3) is 0 Å². The molecule has 1 aliphatic heterocycles. The number of hydrogen-bond donors (Lipinski definition) is 0. The highest BCUT2D eigenvalue weighted by Gasteiger charge is 2.42. The van der Waals surface area contributed by atoms with Crippen LogP contribution in [0.3, 0.4) is 0 Å². The zero-order chi connectivity index (χ0) is 5.98. The predicted octanol–water partition coefficient (Wildman–Crippen LogP) is 1.96. The summed E-state index contributed by atoms with van der Waals surface area (Å²) in [6.45, 7) is 4.00. The summed E-state index contributed by atoms with van der Waals surface area (Å²) in [7, 11) is 0. The summed E-state index contributed by atoms with van der Waals surface area (Å²) in [6, 6.07) is 0. The van der Waals surface area contributed by atoms with Gasteiger partial charge in [0.2, 0.25) is 0 Å². The van der Waals surface area contributed by atoms with Crippen LogP contribution in [0.5, 0.6) is 0 Å². The molecule has 2 unspecified atom stereocenters. The van der Waals surface area contributed by atoms with E-state index in [1.807, 2.05) is 13.8 Å². The van der Waals surface area contributed by atoms with Crippen LogP contribution in [0.4, 0.5) is 0 Å². The molecule has 2 fully saturated rings. The van der Waals surface area contributed by atoms with Crippen LogP contribution >= 0.6 is 0 Å². The first-order valence-electron chi connectivity index (χ1n) is 3.62. The van der Waals surface area contributed by atoms with E-state index in [1.165, 1.54) is 19.3 Å². The quantitative estimate of drug-likeness (QED) is 0.438. The van der Waals surface area contributed by atoms with Crippen molar-refractivity contribution < 1.29 is 4.74 Å². The van der Waals surface area contributed by atoms with Gasteiger partial charge in [-0.25, -0.2) is 0 Å². The molecule has 0 radical (unpaired) electrons. The lowest BCUT2D eigenvalue weighted by molar-refractivity contribution is 0.322. The molecule has 2 rings (SSSR count). The third-order valence-corrected chi connectivity index (χ3v) is 1.66. The third kappa shape index (κ3) is 1.03. The van der Waals surface area contributed by atoms with Crippen LogP contribution in [0.25, 0.3) is 0 Å². The molecule has 2 aliphatic rings. The maximum Gasteiger partial charge on any atom is 0.0841 e. The van der Waals surface area contributed by atoms with Gasteiger partial charge in [-0.15, -0.1) is 0 Å². The average molecular weight is 114 g/mol. The predicted molar refractivity (Wildman–Crippen MR) is 33.9 cm³/mol. The van der Waals surface area contributed by atoms with Crippen molar-refractivity contribution in [3.05, 3.63) is 0 Å². The zero-order valence-electron chi connectivity index (χ0n) is 5.68.